The lowest BCUT2D eigenvalue weighted by Gasteiger charge is -2.07. The number of methoxy groups -OCH3 is 1. The highest BCUT2D eigenvalue weighted by atomic mass is 32.1. The lowest BCUT2D eigenvalue weighted by molar-refractivity contribution is -0.124. The van der Waals surface area contributed by atoms with Crippen molar-refractivity contribution in [3.8, 4) is 0 Å². The van der Waals surface area contributed by atoms with Crippen LogP contribution >= 0.6 is 11.3 Å². The van der Waals surface area contributed by atoms with E-state index in [9.17, 15) is 9.59 Å². The standard InChI is InChI=1S/C9H12N2O3S/c1-5(12)7-4-15-9(10-7)11-8(13)6(2)14-3/h4,6H,1-3H3,(H,10,11,13). The molecule has 0 fully saturated rings. The maximum atomic E-state index is 11.4. The first-order valence-electron chi connectivity index (χ1n) is 4.34. The molecule has 1 aromatic rings. The average molecular weight is 228 g/mol. The number of nitrogens with zero attached hydrogens (tertiary/aromatic N) is 1. The number of rotatable bonds is 4. The predicted octanol–water partition coefficient (Wildman–Crippen LogP) is 1.32. The normalized spacial score (nSPS) is 12.2. The molecular weight excluding hydrogens is 216 g/mol. The van der Waals surface area contributed by atoms with Crippen LogP contribution in [0.15, 0.2) is 5.38 Å². The highest BCUT2D eigenvalue weighted by molar-refractivity contribution is 7.14. The Labute approximate surface area is 91.5 Å². The third-order valence-corrected chi connectivity index (χ3v) is 2.58. The van der Waals surface area contributed by atoms with E-state index in [2.05, 4.69) is 10.3 Å². The summed E-state index contributed by atoms with van der Waals surface area (Å²) in [7, 11) is 1.45. The molecule has 0 radical (unpaired) electrons. The van der Waals surface area contributed by atoms with Gasteiger partial charge >= 0.3 is 0 Å². The molecule has 0 saturated heterocycles. The first-order valence-corrected chi connectivity index (χ1v) is 5.22. The number of carbonyl (C=O) groups excluding carboxylic acids is 2. The molecule has 5 nitrogen and oxygen atoms in total. The molecule has 6 heteroatoms. The maximum Gasteiger partial charge on any atom is 0.254 e. The fourth-order valence-corrected chi connectivity index (χ4v) is 1.56. The number of Topliss-reactive ketones (excluding diaryl/α,β-unsaturated/α-hetero) is 1. The predicted molar refractivity (Wildman–Crippen MR) is 57.2 cm³/mol. The van der Waals surface area contributed by atoms with Gasteiger partial charge in [-0.3, -0.25) is 14.9 Å². The van der Waals surface area contributed by atoms with E-state index in [1.807, 2.05) is 0 Å². The van der Waals surface area contributed by atoms with Crippen molar-refractivity contribution < 1.29 is 14.3 Å². The van der Waals surface area contributed by atoms with E-state index in [0.29, 0.717) is 10.8 Å². The number of ether oxygens (including phenoxy) is 1. The van der Waals surface area contributed by atoms with E-state index >= 15 is 0 Å². The van der Waals surface area contributed by atoms with Crippen LogP contribution in [0.3, 0.4) is 0 Å². The smallest absolute Gasteiger partial charge is 0.254 e. The monoisotopic (exact) mass is 228 g/mol. The van der Waals surface area contributed by atoms with Gasteiger partial charge in [-0.2, -0.15) is 0 Å². The van der Waals surface area contributed by atoms with Gasteiger partial charge in [0.05, 0.1) is 0 Å². The molecular formula is C9H12N2O3S. The van der Waals surface area contributed by atoms with Crippen LogP contribution in [-0.2, 0) is 9.53 Å². The third kappa shape index (κ3) is 3.10. The third-order valence-electron chi connectivity index (χ3n) is 1.82. The highest BCUT2D eigenvalue weighted by Gasteiger charge is 2.14. The number of hydrogen-bond donors (Lipinski definition) is 1. The summed E-state index contributed by atoms with van der Waals surface area (Å²) >= 11 is 1.21. The molecule has 0 aliphatic carbocycles. The minimum absolute atomic E-state index is 0.119. The lowest BCUT2D eigenvalue weighted by Crippen LogP contribution is -2.26. The zero-order valence-corrected chi connectivity index (χ0v) is 9.55. The summed E-state index contributed by atoms with van der Waals surface area (Å²) in [5.74, 6) is -0.395. The second kappa shape index (κ2) is 4.99. The summed E-state index contributed by atoms with van der Waals surface area (Å²) in [5.41, 5.74) is 0.361. The summed E-state index contributed by atoms with van der Waals surface area (Å²) in [6.45, 7) is 3.06. The molecule has 1 aromatic heterocycles. The number of thiazole rings is 1. The number of aromatic nitrogens is 1. The summed E-state index contributed by atoms with van der Waals surface area (Å²) in [4.78, 5) is 26.3. The van der Waals surface area contributed by atoms with Gasteiger partial charge in [0, 0.05) is 19.4 Å². The van der Waals surface area contributed by atoms with E-state index in [1.165, 1.54) is 25.4 Å². The van der Waals surface area contributed by atoms with Crippen molar-refractivity contribution in [2.45, 2.75) is 20.0 Å². The second-order valence-electron chi connectivity index (χ2n) is 2.96. The van der Waals surface area contributed by atoms with Gasteiger partial charge in [-0.1, -0.05) is 0 Å². The van der Waals surface area contributed by atoms with Gasteiger partial charge in [-0.05, 0) is 6.92 Å². The number of carbonyl (C=O) groups is 2. The Bertz CT molecular complexity index is 375. The molecule has 1 rings (SSSR count). The van der Waals surface area contributed by atoms with Gasteiger partial charge in [-0.15, -0.1) is 11.3 Å². The molecule has 1 N–H and O–H groups in total. The zero-order chi connectivity index (χ0) is 11.4. The van der Waals surface area contributed by atoms with Crippen LogP contribution in [0, 0.1) is 0 Å². The Morgan fingerprint density at radius 1 is 1.60 bits per heavy atom. The van der Waals surface area contributed by atoms with Crippen LogP contribution in [0.4, 0.5) is 5.13 Å². The highest BCUT2D eigenvalue weighted by Crippen LogP contribution is 2.15. The van der Waals surface area contributed by atoms with Crippen LogP contribution in [-0.4, -0.2) is 29.9 Å². The minimum Gasteiger partial charge on any atom is -0.372 e. The Morgan fingerprint density at radius 3 is 2.73 bits per heavy atom. The van der Waals surface area contributed by atoms with Crippen molar-refractivity contribution in [1.82, 2.24) is 4.98 Å². The van der Waals surface area contributed by atoms with E-state index < -0.39 is 6.10 Å². The summed E-state index contributed by atoms with van der Waals surface area (Å²) in [6, 6.07) is 0. The van der Waals surface area contributed by atoms with E-state index in [0.717, 1.165) is 0 Å². The van der Waals surface area contributed by atoms with E-state index in [1.54, 1.807) is 12.3 Å². The number of anilines is 1. The van der Waals surface area contributed by atoms with Gasteiger partial charge in [-0.25, -0.2) is 4.98 Å². The second-order valence-corrected chi connectivity index (χ2v) is 3.82. The number of hydrogen-bond acceptors (Lipinski definition) is 5. The van der Waals surface area contributed by atoms with Crippen molar-refractivity contribution in [2.24, 2.45) is 0 Å². The molecule has 82 valence electrons. The Kier molecular flexibility index (Phi) is 3.93. The van der Waals surface area contributed by atoms with Crippen LogP contribution in [0.2, 0.25) is 0 Å². The van der Waals surface area contributed by atoms with Crippen molar-refractivity contribution in [1.29, 1.82) is 0 Å². The molecule has 0 aliphatic heterocycles. The summed E-state index contributed by atoms with van der Waals surface area (Å²) in [5, 5.41) is 4.58. The van der Waals surface area contributed by atoms with Crippen LogP contribution in [0.5, 0.6) is 0 Å². The molecule has 15 heavy (non-hydrogen) atoms. The Morgan fingerprint density at radius 2 is 2.27 bits per heavy atom. The number of nitrogens with one attached hydrogen (secondary N) is 1. The molecule has 0 bridgehead atoms. The van der Waals surface area contributed by atoms with Gasteiger partial charge in [0.1, 0.15) is 11.8 Å². The molecule has 1 amide bonds. The first-order chi connectivity index (χ1) is 7.04. The summed E-state index contributed by atoms with van der Waals surface area (Å²) < 4.78 is 4.84. The molecule has 1 heterocycles. The first kappa shape index (κ1) is 11.8. The fraction of sp³-hybridized carbons (Fsp3) is 0.444. The average Bonchev–Trinajstić information content (AvgIpc) is 2.65. The SMILES string of the molecule is COC(C)C(=O)Nc1nc(C(C)=O)cs1. The van der Waals surface area contributed by atoms with Gasteiger partial charge in [0.2, 0.25) is 0 Å². The number of ketones is 1. The summed E-state index contributed by atoms with van der Waals surface area (Å²) in [6.07, 6.45) is -0.533. The maximum absolute atomic E-state index is 11.4. The molecule has 1 unspecified atom stereocenters. The largest absolute Gasteiger partial charge is 0.372 e. The van der Waals surface area contributed by atoms with Gasteiger partial charge in [0.15, 0.2) is 10.9 Å². The van der Waals surface area contributed by atoms with Gasteiger partial charge < -0.3 is 4.74 Å². The van der Waals surface area contributed by atoms with Crippen molar-refractivity contribution in [3.05, 3.63) is 11.1 Å². The molecule has 0 aliphatic rings. The zero-order valence-electron chi connectivity index (χ0n) is 8.73. The quantitative estimate of drug-likeness (QED) is 0.789. The van der Waals surface area contributed by atoms with Gasteiger partial charge in [0.25, 0.3) is 5.91 Å². The lowest BCUT2D eigenvalue weighted by atomic mass is 10.3. The van der Waals surface area contributed by atoms with E-state index in [4.69, 9.17) is 4.74 Å². The number of amides is 1. The fourth-order valence-electron chi connectivity index (χ4n) is 0.807. The van der Waals surface area contributed by atoms with Crippen molar-refractivity contribution in [2.75, 3.05) is 12.4 Å². The Hall–Kier alpha value is -1.27. The van der Waals surface area contributed by atoms with Crippen LogP contribution in [0.25, 0.3) is 0 Å². The molecule has 0 spiro atoms. The van der Waals surface area contributed by atoms with Crippen molar-refractivity contribution in [3.63, 3.8) is 0 Å². The minimum atomic E-state index is -0.533. The van der Waals surface area contributed by atoms with E-state index in [-0.39, 0.29) is 11.7 Å². The molecule has 0 aromatic carbocycles. The van der Waals surface area contributed by atoms with Crippen LogP contribution < -0.4 is 5.32 Å². The Balaban J connectivity index is 2.65. The topological polar surface area (TPSA) is 68.3 Å². The molecule has 0 saturated carbocycles. The molecule has 1 atom stereocenters. The van der Waals surface area contributed by atoms with Crippen LogP contribution in [0.1, 0.15) is 24.3 Å². The van der Waals surface area contributed by atoms with Crippen molar-refractivity contribution >= 4 is 28.2 Å².